The van der Waals surface area contributed by atoms with E-state index >= 15 is 4.39 Å². The van der Waals surface area contributed by atoms with E-state index in [1.807, 2.05) is 33.6 Å². The van der Waals surface area contributed by atoms with Gasteiger partial charge in [-0.3, -0.25) is 23.9 Å². The fraction of sp³-hybridized carbons (Fsp3) is 0.429. The molecular formula is C28H30FN7O3S. The molecule has 1 aromatic carbocycles. The van der Waals surface area contributed by atoms with Gasteiger partial charge in [-0.25, -0.2) is 9.37 Å². The van der Waals surface area contributed by atoms with Crippen molar-refractivity contribution in [3.8, 4) is 0 Å². The highest BCUT2D eigenvalue weighted by Crippen LogP contribution is 2.32. The lowest BCUT2D eigenvalue weighted by molar-refractivity contribution is 0.0943. The first-order chi connectivity index (χ1) is 19.6. The Hall–Kier alpha value is -3.61. The number of likely N-dealkylation sites (tertiary alicyclic amines) is 1. The van der Waals surface area contributed by atoms with E-state index in [4.69, 9.17) is 4.74 Å². The van der Waals surface area contributed by atoms with Gasteiger partial charge in [0.05, 0.1) is 41.9 Å². The number of hydrogen-bond acceptors (Lipinski definition) is 9. The Kier molecular flexibility index (Phi) is 6.60. The number of carbonyl (C=O) groups is 1. The standard InChI is InChI=1S/C28H30FN7O3S/c29-19-14-18-24(37)23(27(38)32-15-17-4-3-9-35(17)16-22-30-7-8-31-22)28-36(20-5-1-2-6-21(20)40-28)25(18)33-26(19)34-10-12-39-13-11-34/h1-2,5-6,14,17H,3-4,7-13,15-16H2,(H,30,31)(H,32,38). The highest BCUT2D eigenvalue weighted by atomic mass is 32.1. The fourth-order valence-corrected chi connectivity index (χ4v) is 7.16. The molecule has 2 saturated heterocycles. The molecule has 0 spiro atoms. The topological polar surface area (TPSA) is 104 Å². The van der Waals surface area contributed by atoms with Crippen molar-refractivity contribution in [1.82, 2.24) is 24.9 Å². The van der Waals surface area contributed by atoms with E-state index in [1.165, 1.54) is 17.4 Å². The number of fused-ring (bicyclic) bond motifs is 5. The number of benzene rings is 1. The monoisotopic (exact) mass is 563 g/mol. The molecule has 2 fully saturated rings. The maximum absolute atomic E-state index is 15.4. The summed E-state index contributed by atoms with van der Waals surface area (Å²) < 4.78 is 23.6. The third-order valence-electron chi connectivity index (χ3n) is 7.98. The van der Waals surface area contributed by atoms with Gasteiger partial charge in [0, 0.05) is 32.2 Å². The Morgan fingerprint density at radius 2 is 2.08 bits per heavy atom. The zero-order valence-corrected chi connectivity index (χ0v) is 22.8. The van der Waals surface area contributed by atoms with Gasteiger partial charge in [0.15, 0.2) is 17.3 Å². The van der Waals surface area contributed by atoms with Gasteiger partial charge in [-0.2, -0.15) is 0 Å². The van der Waals surface area contributed by atoms with E-state index in [0.29, 0.717) is 43.3 Å². The van der Waals surface area contributed by atoms with Crippen molar-refractivity contribution in [2.24, 2.45) is 4.99 Å². The molecule has 2 N–H and O–H groups in total. The molecule has 1 amide bonds. The Morgan fingerprint density at radius 1 is 1.23 bits per heavy atom. The van der Waals surface area contributed by atoms with Gasteiger partial charge in [0.25, 0.3) is 5.91 Å². The molecule has 0 radical (unpaired) electrons. The van der Waals surface area contributed by atoms with Crippen molar-refractivity contribution < 1.29 is 13.9 Å². The Labute approximate surface area is 233 Å². The second-order valence-corrected chi connectivity index (χ2v) is 11.4. The van der Waals surface area contributed by atoms with Crippen LogP contribution in [0.25, 0.3) is 26.1 Å². The van der Waals surface area contributed by atoms with Gasteiger partial charge >= 0.3 is 0 Å². The Balaban J connectivity index is 1.28. The van der Waals surface area contributed by atoms with Crippen molar-refractivity contribution in [1.29, 1.82) is 0 Å². The summed E-state index contributed by atoms with van der Waals surface area (Å²) >= 11 is 1.37. The van der Waals surface area contributed by atoms with Crippen LogP contribution >= 0.6 is 11.3 Å². The van der Waals surface area contributed by atoms with Gasteiger partial charge in [0.2, 0.25) is 5.43 Å². The number of rotatable bonds is 6. The number of ether oxygens (including phenoxy) is 1. The molecule has 12 heteroatoms. The molecule has 40 heavy (non-hydrogen) atoms. The van der Waals surface area contributed by atoms with E-state index in [0.717, 1.165) is 55.1 Å². The number of thiazole rings is 1. The number of morpholine rings is 1. The van der Waals surface area contributed by atoms with E-state index < -0.39 is 17.2 Å². The molecule has 1 unspecified atom stereocenters. The van der Waals surface area contributed by atoms with Crippen LogP contribution in [-0.2, 0) is 4.74 Å². The van der Waals surface area contributed by atoms with Crippen molar-refractivity contribution in [3.63, 3.8) is 0 Å². The van der Waals surface area contributed by atoms with Gasteiger partial charge in [-0.1, -0.05) is 12.1 Å². The van der Waals surface area contributed by atoms with Crippen LogP contribution in [-0.4, -0.2) is 91.1 Å². The first kappa shape index (κ1) is 25.4. The Morgan fingerprint density at radius 3 is 2.90 bits per heavy atom. The molecule has 7 rings (SSSR count). The molecule has 10 nitrogen and oxygen atoms in total. The van der Waals surface area contributed by atoms with Gasteiger partial charge in [-0.05, 0) is 37.6 Å². The number of hydrogen-bond donors (Lipinski definition) is 2. The van der Waals surface area contributed by atoms with Crippen molar-refractivity contribution in [3.05, 3.63) is 51.9 Å². The highest BCUT2D eigenvalue weighted by molar-refractivity contribution is 7.24. The highest BCUT2D eigenvalue weighted by Gasteiger charge is 2.29. The van der Waals surface area contributed by atoms with E-state index in [-0.39, 0.29) is 22.8 Å². The number of amidine groups is 1. The second kappa shape index (κ2) is 10.4. The number of aliphatic imine (C=N–C) groups is 1. The average molecular weight is 564 g/mol. The molecule has 3 aliphatic heterocycles. The number of pyridine rings is 2. The number of carbonyl (C=O) groups excluding carboxylic acids is 1. The molecule has 1 atom stereocenters. The minimum absolute atomic E-state index is 0.0282. The van der Waals surface area contributed by atoms with Crippen molar-refractivity contribution in [2.75, 3.05) is 63.9 Å². The van der Waals surface area contributed by atoms with Crippen LogP contribution in [0.2, 0.25) is 0 Å². The molecule has 3 aliphatic rings. The number of nitrogens with one attached hydrogen (secondary N) is 2. The summed E-state index contributed by atoms with van der Waals surface area (Å²) in [4.78, 5) is 41.4. The summed E-state index contributed by atoms with van der Waals surface area (Å²) in [5.41, 5.74) is 0.691. The number of nitrogens with zero attached hydrogens (tertiary/aromatic N) is 5. The second-order valence-electron chi connectivity index (χ2n) is 10.4. The summed E-state index contributed by atoms with van der Waals surface area (Å²) in [6.07, 6.45) is 2.01. The minimum atomic E-state index is -0.581. The van der Waals surface area contributed by atoms with Crippen molar-refractivity contribution >= 4 is 55.0 Å². The van der Waals surface area contributed by atoms with Crippen LogP contribution < -0.4 is 21.0 Å². The van der Waals surface area contributed by atoms with Crippen LogP contribution in [0.3, 0.4) is 0 Å². The lowest BCUT2D eigenvalue weighted by atomic mass is 10.1. The lowest BCUT2D eigenvalue weighted by Gasteiger charge is -2.28. The number of aromatic nitrogens is 2. The summed E-state index contributed by atoms with van der Waals surface area (Å²) in [6.45, 7) is 5.75. The minimum Gasteiger partial charge on any atom is -0.378 e. The molecule has 0 bridgehead atoms. The molecule has 3 aromatic heterocycles. The number of halogens is 1. The SMILES string of the molecule is O=C(NCC1CCCN1CC1=NCCN1)c1c(=O)c2cc(F)c(N3CCOCC3)nc2n2c1sc1ccccc12. The smallest absolute Gasteiger partial charge is 0.258 e. The van der Waals surface area contributed by atoms with E-state index in [9.17, 15) is 9.59 Å². The predicted octanol–water partition coefficient (Wildman–Crippen LogP) is 2.23. The number of anilines is 1. The predicted molar refractivity (Wildman–Crippen MR) is 155 cm³/mol. The normalized spacial score (nSPS) is 20.0. The van der Waals surface area contributed by atoms with Crippen LogP contribution in [0, 0.1) is 5.82 Å². The van der Waals surface area contributed by atoms with Crippen LogP contribution in [0.5, 0.6) is 0 Å². The zero-order chi connectivity index (χ0) is 27.2. The van der Waals surface area contributed by atoms with Gasteiger partial charge < -0.3 is 20.3 Å². The average Bonchev–Trinajstić information content (AvgIpc) is 3.73. The molecule has 0 saturated carbocycles. The number of para-hydroxylation sites is 1. The van der Waals surface area contributed by atoms with Crippen molar-refractivity contribution in [2.45, 2.75) is 18.9 Å². The molecule has 0 aliphatic carbocycles. The van der Waals surface area contributed by atoms with Gasteiger partial charge in [0.1, 0.15) is 16.2 Å². The summed E-state index contributed by atoms with van der Waals surface area (Å²) in [6, 6.07) is 9.10. The number of amides is 1. The van der Waals surface area contributed by atoms with Crippen LogP contribution in [0.4, 0.5) is 10.2 Å². The molecule has 6 heterocycles. The maximum Gasteiger partial charge on any atom is 0.258 e. The fourth-order valence-electron chi connectivity index (χ4n) is 5.98. The van der Waals surface area contributed by atoms with E-state index in [1.54, 1.807) is 0 Å². The quantitative estimate of drug-likeness (QED) is 0.371. The van der Waals surface area contributed by atoms with E-state index in [2.05, 4.69) is 25.5 Å². The maximum atomic E-state index is 15.4. The summed E-state index contributed by atoms with van der Waals surface area (Å²) in [5.74, 6) is 0.155. The first-order valence-electron chi connectivity index (χ1n) is 13.8. The van der Waals surface area contributed by atoms with Crippen LogP contribution in [0.15, 0.2) is 40.1 Å². The molecule has 208 valence electrons. The van der Waals surface area contributed by atoms with Crippen LogP contribution in [0.1, 0.15) is 23.2 Å². The third-order valence-corrected chi connectivity index (χ3v) is 9.13. The zero-order valence-electron chi connectivity index (χ0n) is 22.0. The molecule has 4 aromatic rings. The Bertz CT molecular complexity index is 1710. The summed E-state index contributed by atoms with van der Waals surface area (Å²) in [5, 5.41) is 6.44. The first-order valence-corrected chi connectivity index (χ1v) is 14.6. The van der Waals surface area contributed by atoms with Gasteiger partial charge in [-0.15, -0.1) is 11.3 Å². The summed E-state index contributed by atoms with van der Waals surface area (Å²) in [7, 11) is 0. The largest absolute Gasteiger partial charge is 0.378 e. The lowest BCUT2D eigenvalue weighted by Crippen LogP contribution is -2.44. The molecular weight excluding hydrogens is 533 g/mol. The third kappa shape index (κ3) is 4.40.